The number of carbonyl (C=O) groups is 2. The van der Waals surface area contributed by atoms with Crippen molar-refractivity contribution in [2.24, 2.45) is 0 Å². The van der Waals surface area contributed by atoms with Gasteiger partial charge in [0.25, 0.3) is 5.91 Å². The number of nitrogens with one attached hydrogen (secondary N) is 1. The van der Waals surface area contributed by atoms with Gasteiger partial charge < -0.3 is 10.1 Å². The maximum absolute atomic E-state index is 12.8. The first-order valence-corrected chi connectivity index (χ1v) is 12.6. The van der Waals surface area contributed by atoms with E-state index in [0.717, 1.165) is 23.3 Å². The summed E-state index contributed by atoms with van der Waals surface area (Å²) in [6.45, 7) is 10.3. The van der Waals surface area contributed by atoms with E-state index in [1.165, 1.54) is 39.9 Å². The van der Waals surface area contributed by atoms with E-state index in [1.54, 1.807) is 13.8 Å². The summed E-state index contributed by atoms with van der Waals surface area (Å²) in [6, 6.07) is 5.84. The first kappa shape index (κ1) is 25.0. The van der Waals surface area contributed by atoms with Crippen LogP contribution in [-0.2, 0) is 14.8 Å². The number of amides is 1. The van der Waals surface area contributed by atoms with Crippen molar-refractivity contribution in [1.29, 1.82) is 0 Å². The standard InChI is InChI=1S/C22H30N2O5S2/c1-6-9-14-24(7-2)31(27,28)18-12-10-17(11-13-18)20(25)23-21-19(22(26)29-8-3)15(4)16(5)30-21/h10-13H,6-9,14H2,1-5H3,(H,23,25). The number of hydrogen-bond acceptors (Lipinski definition) is 6. The van der Waals surface area contributed by atoms with Crippen molar-refractivity contribution in [2.75, 3.05) is 25.0 Å². The zero-order valence-electron chi connectivity index (χ0n) is 18.6. The molecule has 0 bridgehead atoms. The normalized spacial score (nSPS) is 11.5. The highest BCUT2D eigenvalue weighted by Crippen LogP contribution is 2.33. The van der Waals surface area contributed by atoms with Gasteiger partial charge in [-0.1, -0.05) is 20.3 Å². The van der Waals surface area contributed by atoms with Gasteiger partial charge in [-0.25, -0.2) is 13.2 Å². The lowest BCUT2D eigenvalue weighted by atomic mass is 10.1. The molecule has 1 heterocycles. The number of aryl methyl sites for hydroxylation is 1. The highest BCUT2D eigenvalue weighted by atomic mass is 32.2. The van der Waals surface area contributed by atoms with Gasteiger partial charge in [-0.05, 0) is 57.0 Å². The van der Waals surface area contributed by atoms with Crippen LogP contribution in [0.3, 0.4) is 0 Å². The summed E-state index contributed by atoms with van der Waals surface area (Å²) in [5.74, 6) is -0.901. The predicted octanol–water partition coefficient (Wildman–Crippen LogP) is 4.60. The van der Waals surface area contributed by atoms with Gasteiger partial charge in [-0.2, -0.15) is 4.31 Å². The van der Waals surface area contributed by atoms with E-state index in [2.05, 4.69) is 5.32 Å². The van der Waals surface area contributed by atoms with Crippen LogP contribution in [0.15, 0.2) is 29.2 Å². The maximum Gasteiger partial charge on any atom is 0.341 e. The first-order valence-electron chi connectivity index (χ1n) is 10.4. The van der Waals surface area contributed by atoms with Crippen molar-refractivity contribution >= 4 is 38.2 Å². The fraction of sp³-hybridized carbons (Fsp3) is 0.455. The monoisotopic (exact) mass is 466 g/mol. The molecule has 9 heteroatoms. The molecular weight excluding hydrogens is 436 g/mol. The van der Waals surface area contributed by atoms with Crippen LogP contribution in [0.5, 0.6) is 0 Å². The van der Waals surface area contributed by atoms with E-state index < -0.39 is 21.9 Å². The topological polar surface area (TPSA) is 92.8 Å². The van der Waals surface area contributed by atoms with E-state index >= 15 is 0 Å². The molecule has 0 spiro atoms. The Morgan fingerprint density at radius 3 is 2.29 bits per heavy atom. The van der Waals surface area contributed by atoms with Crippen molar-refractivity contribution in [1.82, 2.24) is 4.31 Å². The highest BCUT2D eigenvalue weighted by Gasteiger charge is 2.24. The molecule has 0 aliphatic rings. The summed E-state index contributed by atoms with van der Waals surface area (Å²) >= 11 is 1.30. The number of thiophene rings is 1. The number of ether oxygens (including phenoxy) is 1. The van der Waals surface area contributed by atoms with Crippen LogP contribution in [0.1, 0.15) is 64.8 Å². The van der Waals surface area contributed by atoms with Crippen LogP contribution in [0.25, 0.3) is 0 Å². The van der Waals surface area contributed by atoms with Gasteiger partial charge in [0.1, 0.15) is 5.00 Å². The Labute approximate surface area is 188 Å². The number of esters is 1. The van der Waals surface area contributed by atoms with Gasteiger partial charge in [0.15, 0.2) is 0 Å². The van der Waals surface area contributed by atoms with Crippen LogP contribution in [-0.4, -0.2) is 44.3 Å². The van der Waals surface area contributed by atoms with Gasteiger partial charge in [-0.3, -0.25) is 4.79 Å². The number of sulfonamides is 1. The van der Waals surface area contributed by atoms with E-state index in [4.69, 9.17) is 4.74 Å². The molecule has 1 N–H and O–H groups in total. The zero-order valence-corrected chi connectivity index (χ0v) is 20.3. The molecule has 0 saturated heterocycles. The summed E-state index contributed by atoms with van der Waals surface area (Å²) < 4.78 is 32.2. The van der Waals surface area contributed by atoms with Gasteiger partial charge in [0, 0.05) is 23.5 Å². The Balaban J connectivity index is 2.24. The molecule has 0 aliphatic carbocycles. The molecule has 1 aromatic heterocycles. The van der Waals surface area contributed by atoms with Crippen LogP contribution in [0, 0.1) is 13.8 Å². The first-order chi connectivity index (χ1) is 14.7. The Morgan fingerprint density at radius 1 is 1.10 bits per heavy atom. The van der Waals surface area contributed by atoms with Crippen molar-refractivity contribution < 1.29 is 22.7 Å². The minimum Gasteiger partial charge on any atom is -0.462 e. The smallest absolute Gasteiger partial charge is 0.341 e. The number of rotatable bonds is 10. The number of benzene rings is 1. The third kappa shape index (κ3) is 5.72. The molecule has 0 fully saturated rings. The second-order valence-electron chi connectivity index (χ2n) is 7.04. The fourth-order valence-electron chi connectivity index (χ4n) is 3.05. The van der Waals surface area contributed by atoms with Gasteiger partial charge >= 0.3 is 5.97 Å². The van der Waals surface area contributed by atoms with Gasteiger partial charge in [0.05, 0.1) is 17.1 Å². The lowest BCUT2D eigenvalue weighted by Gasteiger charge is -2.20. The number of anilines is 1. The average Bonchev–Trinajstić information content (AvgIpc) is 3.01. The molecule has 0 saturated carbocycles. The minimum absolute atomic E-state index is 0.150. The summed E-state index contributed by atoms with van der Waals surface area (Å²) in [6.07, 6.45) is 1.69. The van der Waals surface area contributed by atoms with Crippen LogP contribution < -0.4 is 5.32 Å². The molecule has 0 unspecified atom stereocenters. The van der Waals surface area contributed by atoms with E-state index in [1.807, 2.05) is 20.8 Å². The number of hydrogen-bond donors (Lipinski definition) is 1. The van der Waals surface area contributed by atoms with E-state index in [9.17, 15) is 18.0 Å². The lowest BCUT2D eigenvalue weighted by molar-refractivity contribution is 0.0527. The average molecular weight is 467 g/mol. The minimum atomic E-state index is -3.61. The van der Waals surface area contributed by atoms with Gasteiger partial charge in [0.2, 0.25) is 10.0 Å². The molecule has 31 heavy (non-hydrogen) atoms. The molecule has 2 aromatic rings. The summed E-state index contributed by atoms with van der Waals surface area (Å²) in [7, 11) is -3.61. The molecule has 1 amide bonds. The Morgan fingerprint density at radius 2 is 1.74 bits per heavy atom. The molecule has 0 aliphatic heterocycles. The highest BCUT2D eigenvalue weighted by molar-refractivity contribution is 7.89. The molecule has 0 radical (unpaired) electrons. The van der Waals surface area contributed by atoms with Crippen molar-refractivity contribution in [2.45, 2.75) is 52.4 Å². The lowest BCUT2D eigenvalue weighted by Crippen LogP contribution is -2.31. The van der Waals surface area contributed by atoms with Crippen molar-refractivity contribution in [3.63, 3.8) is 0 Å². The Bertz CT molecular complexity index is 1030. The summed E-state index contributed by atoms with van der Waals surface area (Å²) in [5.41, 5.74) is 1.42. The van der Waals surface area contributed by atoms with Crippen LogP contribution >= 0.6 is 11.3 Å². The summed E-state index contributed by atoms with van der Waals surface area (Å²) in [5, 5.41) is 3.19. The molecule has 7 nitrogen and oxygen atoms in total. The fourth-order valence-corrected chi connectivity index (χ4v) is 5.58. The number of nitrogens with zero attached hydrogens (tertiary/aromatic N) is 1. The predicted molar refractivity (Wildman–Crippen MR) is 123 cm³/mol. The van der Waals surface area contributed by atoms with Crippen LogP contribution in [0.4, 0.5) is 5.00 Å². The third-order valence-corrected chi connectivity index (χ3v) is 8.07. The number of carbonyl (C=O) groups excluding carboxylic acids is 2. The van der Waals surface area contributed by atoms with E-state index in [0.29, 0.717) is 29.2 Å². The van der Waals surface area contributed by atoms with E-state index in [-0.39, 0.29) is 11.5 Å². The molecule has 1 aromatic carbocycles. The Kier molecular flexibility index (Phi) is 8.79. The quantitative estimate of drug-likeness (QED) is 0.517. The molecule has 0 atom stereocenters. The maximum atomic E-state index is 12.8. The largest absolute Gasteiger partial charge is 0.462 e. The molecular formula is C22H30N2O5S2. The second kappa shape index (κ2) is 10.9. The van der Waals surface area contributed by atoms with Gasteiger partial charge in [-0.15, -0.1) is 11.3 Å². The molecule has 170 valence electrons. The molecule has 2 rings (SSSR count). The number of unbranched alkanes of at least 4 members (excludes halogenated alkanes) is 1. The summed E-state index contributed by atoms with van der Waals surface area (Å²) in [4.78, 5) is 26.1. The van der Waals surface area contributed by atoms with Crippen LogP contribution in [0.2, 0.25) is 0 Å². The zero-order chi connectivity index (χ0) is 23.2. The third-order valence-electron chi connectivity index (χ3n) is 4.96. The van der Waals surface area contributed by atoms with Crippen molar-refractivity contribution in [3.05, 3.63) is 45.8 Å². The second-order valence-corrected chi connectivity index (χ2v) is 10.2. The van der Waals surface area contributed by atoms with Crippen molar-refractivity contribution in [3.8, 4) is 0 Å². The SMILES string of the molecule is CCCCN(CC)S(=O)(=O)c1ccc(C(=O)Nc2sc(C)c(C)c2C(=O)OCC)cc1. The Hall–Kier alpha value is -2.23.